The largest absolute Gasteiger partial charge is 0.317 e. The van der Waals surface area contributed by atoms with Crippen LogP contribution in [-0.4, -0.2) is 13.1 Å². The van der Waals surface area contributed by atoms with Gasteiger partial charge in [-0.1, -0.05) is 6.07 Å². The summed E-state index contributed by atoms with van der Waals surface area (Å²) in [5.74, 6) is 0.385. The maximum absolute atomic E-state index is 13.8. The molecule has 0 amide bonds. The molecule has 1 aliphatic heterocycles. The van der Waals surface area contributed by atoms with E-state index in [0.29, 0.717) is 5.92 Å². The molecule has 1 fully saturated rings. The van der Waals surface area contributed by atoms with Crippen molar-refractivity contribution in [1.82, 2.24) is 5.32 Å². The van der Waals surface area contributed by atoms with Gasteiger partial charge < -0.3 is 5.32 Å². The summed E-state index contributed by atoms with van der Waals surface area (Å²) in [4.78, 5) is 0. The van der Waals surface area contributed by atoms with Gasteiger partial charge in [-0.2, -0.15) is 0 Å². The van der Waals surface area contributed by atoms with Gasteiger partial charge in [-0.3, -0.25) is 0 Å². The first-order valence-corrected chi connectivity index (χ1v) is 5.66. The third kappa shape index (κ3) is 2.20. The fourth-order valence-corrected chi connectivity index (χ4v) is 2.25. The van der Waals surface area contributed by atoms with Crippen LogP contribution in [0.3, 0.4) is 0 Å². The molecule has 2 heteroatoms. The van der Waals surface area contributed by atoms with Crippen molar-refractivity contribution >= 4 is 0 Å². The lowest BCUT2D eigenvalue weighted by atomic mass is 9.88. The Bertz CT molecular complexity index is 354. The summed E-state index contributed by atoms with van der Waals surface area (Å²) in [6.45, 7) is 6.04. The second kappa shape index (κ2) is 4.31. The number of halogens is 1. The Morgan fingerprint density at radius 1 is 1.13 bits per heavy atom. The molecule has 0 radical (unpaired) electrons. The lowest BCUT2D eigenvalue weighted by Gasteiger charge is -2.24. The summed E-state index contributed by atoms with van der Waals surface area (Å²) in [7, 11) is 0. The van der Waals surface area contributed by atoms with Crippen LogP contribution >= 0.6 is 0 Å². The van der Waals surface area contributed by atoms with Crippen LogP contribution in [0.15, 0.2) is 12.1 Å². The smallest absolute Gasteiger partial charge is 0.126 e. The monoisotopic (exact) mass is 207 g/mol. The van der Waals surface area contributed by atoms with Crippen LogP contribution in [0.1, 0.15) is 35.4 Å². The van der Waals surface area contributed by atoms with Crippen LogP contribution in [0.4, 0.5) is 4.39 Å². The van der Waals surface area contributed by atoms with Crippen LogP contribution < -0.4 is 5.32 Å². The normalized spacial score (nSPS) is 18.1. The fraction of sp³-hybridized carbons (Fsp3) is 0.538. The van der Waals surface area contributed by atoms with Gasteiger partial charge in [0.15, 0.2) is 0 Å². The molecule has 0 unspecified atom stereocenters. The highest BCUT2D eigenvalue weighted by Gasteiger charge is 2.18. The van der Waals surface area contributed by atoms with E-state index < -0.39 is 0 Å². The summed E-state index contributed by atoms with van der Waals surface area (Å²) in [5, 5.41) is 3.31. The Balaban J connectivity index is 2.30. The number of aryl methyl sites for hydroxylation is 2. The van der Waals surface area contributed by atoms with E-state index in [1.807, 2.05) is 13.0 Å². The molecule has 1 aromatic rings. The first-order valence-electron chi connectivity index (χ1n) is 5.66. The summed E-state index contributed by atoms with van der Waals surface area (Å²) < 4.78 is 13.8. The van der Waals surface area contributed by atoms with Crippen LogP contribution in [-0.2, 0) is 0 Å². The highest BCUT2D eigenvalue weighted by molar-refractivity contribution is 5.33. The molecule has 15 heavy (non-hydrogen) atoms. The van der Waals surface area contributed by atoms with Gasteiger partial charge in [-0.15, -0.1) is 0 Å². The van der Waals surface area contributed by atoms with Crippen molar-refractivity contribution in [2.45, 2.75) is 32.6 Å². The Morgan fingerprint density at radius 3 is 2.40 bits per heavy atom. The van der Waals surface area contributed by atoms with Gasteiger partial charge in [0.2, 0.25) is 0 Å². The molecule has 1 nitrogen and oxygen atoms in total. The van der Waals surface area contributed by atoms with Crippen molar-refractivity contribution in [3.63, 3.8) is 0 Å². The average molecular weight is 207 g/mol. The summed E-state index contributed by atoms with van der Waals surface area (Å²) in [5.41, 5.74) is 3.16. The van der Waals surface area contributed by atoms with Gasteiger partial charge >= 0.3 is 0 Å². The Kier molecular flexibility index (Phi) is 3.06. The Hall–Kier alpha value is -0.890. The van der Waals surface area contributed by atoms with Crippen molar-refractivity contribution < 1.29 is 4.39 Å². The SMILES string of the molecule is Cc1cc(F)c(C2CCNCC2)cc1C. The lowest BCUT2D eigenvalue weighted by Crippen LogP contribution is -2.27. The van der Waals surface area contributed by atoms with Crippen LogP contribution in [0.2, 0.25) is 0 Å². The third-order valence-corrected chi connectivity index (χ3v) is 3.39. The number of piperidine rings is 1. The molecule has 0 spiro atoms. The second-order valence-corrected chi connectivity index (χ2v) is 4.48. The van der Waals surface area contributed by atoms with E-state index >= 15 is 0 Å². The molecular weight excluding hydrogens is 189 g/mol. The second-order valence-electron chi connectivity index (χ2n) is 4.48. The standard InChI is InChI=1S/C13H18FN/c1-9-7-12(13(14)8-10(9)2)11-3-5-15-6-4-11/h7-8,11,15H,3-6H2,1-2H3. The van der Waals surface area contributed by atoms with E-state index in [1.165, 1.54) is 5.56 Å². The lowest BCUT2D eigenvalue weighted by molar-refractivity contribution is 0.444. The maximum Gasteiger partial charge on any atom is 0.126 e. The molecule has 0 atom stereocenters. The minimum Gasteiger partial charge on any atom is -0.317 e. The van der Waals surface area contributed by atoms with Crippen molar-refractivity contribution in [3.05, 3.63) is 34.6 Å². The molecule has 1 heterocycles. The van der Waals surface area contributed by atoms with E-state index in [0.717, 1.165) is 37.1 Å². The minimum absolute atomic E-state index is 0.0231. The molecule has 0 aliphatic carbocycles. The quantitative estimate of drug-likeness (QED) is 0.746. The first kappa shape index (κ1) is 10.6. The van der Waals surface area contributed by atoms with E-state index in [4.69, 9.17) is 0 Å². The maximum atomic E-state index is 13.8. The number of hydrogen-bond acceptors (Lipinski definition) is 1. The summed E-state index contributed by atoms with van der Waals surface area (Å²) in [6.07, 6.45) is 2.11. The molecule has 1 aliphatic rings. The molecule has 2 rings (SSSR count). The average Bonchev–Trinajstić information content (AvgIpc) is 2.25. The number of nitrogens with one attached hydrogen (secondary N) is 1. The van der Waals surface area contributed by atoms with Gasteiger partial charge in [0.25, 0.3) is 0 Å². The van der Waals surface area contributed by atoms with Crippen LogP contribution in [0.5, 0.6) is 0 Å². The van der Waals surface area contributed by atoms with Gasteiger partial charge in [0, 0.05) is 0 Å². The summed E-state index contributed by atoms with van der Waals surface area (Å²) >= 11 is 0. The topological polar surface area (TPSA) is 12.0 Å². The Morgan fingerprint density at radius 2 is 1.73 bits per heavy atom. The zero-order valence-electron chi connectivity index (χ0n) is 9.44. The highest BCUT2D eigenvalue weighted by atomic mass is 19.1. The minimum atomic E-state index is -0.0231. The van der Waals surface area contributed by atoms with E-state index in [2.05, 4.69) is 12.2 Å². The first-order chi connectivity index (χ1) is 7.18. The zero-order valence-corrected chi connectivity index (χ0v) is 9.44. The molecule has 1 saturated heterocycles. The van der Waals surface area contributed by atoms with E-state index in [9.17, 15) is 4.39 Å². The van der Waals surface area contributed by atoms with Gasteiger partial charge in [0.1, 0.15) is 5.82 Å². The molecule has 82 valence electrons. The van der Waals surface area contributed by atoms with E-state index in [1.54, 1.807) is 6.07 Å². The molecule has 1 aromatic carbocycles. The van der Waals surface area contributed by atoms with Crippen molar-refractivity contribution in [2.75, 3.05) is 13.1 Å². The molecule has 0 saturated carbocycles. The van der Waals surface area contributed by atoms with Gasteiger partial charge in [-0.25, -0.2) is 4.39 Å². The van der Waals surface area contributed by atoms with E-state index in [-0.39, 0.29) is 5.82 Å². The predicted octanol–water partition coefficient (Wildman–Crippen LogP) is 2.91. The van der Waals surface area contributed by atoms with Crippen molar-refractivity contribution in [1.29, 1.82) is 0 Å². The zero-order chi connectivity index (χ0) is 10.8. The predicted molar refractivity (Wildman–Crippen MR) is 60.7 cm³/mol. The number of benzene rings is 1. The highest BCUT2D eigenvalue weighted by Crippen LogP contribution is 2.29. The molecule has 0 bridgehead atoms. The fourth-order valence-electron chi connectivity index (χ4n) is 2.25. The number of rotatable bonds is 1. The van der Waals surface area contributed by atoms with Gasteiger partial charge in [0.05, 0.1) is 0 Å². The van der Waals surface area contributed by atoms with Gasteiger partial charge in [-0.05, 0) is 68.5 Å². The third-order valence-electron chi connectivity index (χ3n) is 3.39. The number of hydrogen-bond donors (Lipinski definition) is 1. The van der Waals surface area contributed by atoms with Crippen LogP contribution in [0, 0.1) is 19.7 Å². The Labute approximate surface area is 90.7 Å². The summed E-state index contributed by atoms with van der Waals surface area (Å²) in [6, 6.07) is 3.70. The van der Waals surface area contributed by atoms with Crippen LogP contribution in [0.25, 0.3) is 0 Å². The molecular formula is C13H18FN. The molecule has 1 N–H and O–H groups in total. The van der Waals surface area contributed by atoms with Crippen molar-refractivity contribution in [3.8, 4) is 0 Å². The molecule has 0 aromatic heterocycles. The van der Waals surface area contributed by atoms with Crippen molar-refractivity contribution in [2.24, 2.45) is 0 Å².